The Morgan fingerprint density at radius 2 is 1.17 bits per heavy atom. The van der Waals surface area contributed by atoms with Gasteiger partial charge in [0.05, 0.1) is 17.7 Å². The molecule has 0 saturated heterocycles. The van der Waals surface area contributed by atoms with Crippen LogP contribution in [0.3, 0.4) is 0 Å². The molecule has 0 atom stereocenters. The molecule has 2 aliphatic carbocycles. The number of hydrogen-bond acceptors (Lipinski definition) is 5. The molecule has 4 aliphatic rings. The number of nitrogens with zero attached hydrogens (tertiary/aromatic N) is 3. The summed E-state index contributed by atoms with van der Waals surface area (Å²) in [6, 6.07) is 9.03. The highest BCUT2D eigenvalue weighted by Crippen LogP contribution is 2.40. The molecule has 13 heteroatoms. The number of carbonyl (C=O) groups is 3. The van der Waals surface area contributed by atoms with E-state index in [2.05, 4.69) is 15.3 Å². The second-order valence-electron chi connectivity index (χ2n) is 12.3. The number of aliphatic imine (C=N–C) groups is 2. The average Bonchev–Trinajstić information content (AvgIpc) is 3.46. The van der Waals surface area contributed by atoms with Crippen molar-refractivity contribution >= 4 is 29.0 Å². The summed E-state index contributed by atoms with van der Waals surface area (Å²) in [7, 11) is 0. The van der Waals surface area contributed by atoms with Gasteiger partial charge in [-0.2, -0.15) is 26.3 Å². The first-order valence-electron chi connectivity index (χ1n) is 15.3. The third-order valence-corrected chi connectivity index (χ3v) is 8.84. The normalized spacial score (nSPS) is 20.6. The van der Waals surface area contributed by atoms with Gasteiger partial charge in [-0.25, -0.2) is 0 Å². The highest BCUT2D eigenvalue weighted by atomic mass is 19.4. The Kier molecular flexibility index (Phi) is 9.16. The topological polar surface area (TPSA) is 91.2 Å². The second-order valence-corrected chi connectivity index (χ2v) is 12.3. The van der Waals surface area contributed by atoms with Crippen molar-refractivity contribution in [2.75, 3.05) is 6.54 Å². The van der Waals surface area contributed by atoms with Crippen LogP contribution in [-0.4, -0.2) is 51.8 Å². The van der Waals surface area contributed by atoms with Crippen LogP contribution in [0.5, 0.6) is 0 Å². The first-order chi connectivity index (χ1) is 21.6. The highest BCUT2D eigenvalue weighted by molar-refractivity contribution is 6.47. The number of hydrogen-bond donors (Lipinski definition) is 1. The van der Waals surface area contributed by atoms with Gasteiger partial charge in [-0.15, -0.1) is 0 Å². The molecule has 2 heterocycles. The number of ketones is 1. The summed E-state index contributed by atoms with van der Waals surface area (Å²) in [5.41, 5.74) is -1.57. The van der Waals surface area contributed by atoms with Crippen LogP contribution in [0, 0.1) is 0 Å². The largest absolute Gasteiger partial charge is 0.416 e. The maximum Gasteiger partial charge on any atom is 0.416 e. The Balaban J connectivity index is 0.000000184. The number of alkyl halides is 6. The van der Waals surface area contributed by atoms with Crippen molar-refractivity contribution in [1.82, 2.24) is 10.2 Å². The fourth-order valence-corrected chi connectivity index (χ4v) is 6.53. The predicted octanol–water partition coefficient (Wildman–Crippen LogP) is 6.87. The highest BCUT2D eigenvalue weighted by Gasteiger charge is 2.48. The first kappa shape index (κ1) is 33.3. The van der Waals surface area contributed by atoms with Gasteiger partial charge in [0, 0.05) is 11.1 Å². The molecule has 2 aliphatic heterocycles. The van der Waals surface area contributed by atoms with Crippen molar-refractivity contribution in [2.45, 2.75) is 94.8 Å². The SMILES string of the molecule is CC(=O)CN1C(=O)C(c2ccc(C(F)(F)F)cc2)=NC12CCCCC2.O=C1NC2(CCCCC2)N=C1c1ccc(C(F)(F)F)cc1. The standard InChI is InChI=1S/C18H19F3N2O2.C15H15F3N2O/c1-12(24)11-23-16(25)15(22-17(23)9-3-2-4-10-17)13-5-7-14(8-6-13)18(19,20)21;16-15(17,18)11-6-4-10(5-7-11)12-13(21)20-14(19-12)8-2-1-3-9-14/h5-8H,2-4,9-11H2,1H3;4-7H,1-3,8-9H2,(H,20,21). The lowest BCUT2D eigenvalue weighted by Gasteiger charge is -2.38. The molecule has 0 radical (unpaired) electrons. The fraction of sp³-hybridized carbons (Fsp3) is 0.485. The molecule has 0 bridgehead atoms. The minimum absolute atomic E-state index is 0.0214. The van der Waals surface area contributed by atoms with E-state index in [-0.39, 0.29) is 35.6 Å². The van der Waals surface area contributed by atoms with Crippen LogP contribution in [0.25, 0.3) is 0 Å². The molecule has 2 amide bonds. The van der Waals surface area contributed by atoms with Gasteiger partial charge < -0.3 is 10.2 Å². The quantitative estimate of drug-likeness (QED) is 0.367. The average molecular weight is 649 g/mol. The summed E-state index contributed by atoms with van der Waals surface area (Å²) < 4.78 is 75.8. The summed E-state index contributed by atoms with van der Waals surface area (Å²) in [6.45, 7) is 1.40. The zero-order valence-electron chi connectivity index (χ0n) is 25.2. The number of nitrogens with one attached hydrogen (secondary N) is 1. The van der Waals surface area contributed by atoms with Crippen LogP contribution in [-0.2, 0) is 26.7 Å². The molecular formula is C33H34F6N4O3. The summed E-state index contributed by atoms with van der Waals surface area (Å²) in [4.78, 5) is 47.1. The first-order valence-corrected chi connectivity index (χ1v) is 15.3. The molecule has 46 heavy (non-hydrogen) atoms. The van der Waals surface area contributed by atoms with Crippen molar-refractivity contribution in [3.05, 3.63) is 70.8 Å². The molecule has 2 saturated carbocycles. The maximum absolute atomic E-state index is 12.8. The van der Waals surface area contributed by atoms with Gasteiger partial charge >= 0.3 is 12.4 Å². The molecule has 246 valence electrons. The van der Waals surface area contributed by atoms with Crippen LogP contribution >= 0.6 is 0 Å². The number of amides is 2. The van der Waals surface area contributed by atoms with Crippen molar-refractivity contribution in [3.8, 4) is 0 Å². The van der Waals surface area contributed by atoms with Crippen molar-refractivity contribution < 1.29 is 40.7 Å². The van der Waals surface area contributed by atoms with Crippen LogP contribution in [0.15, 0.2) is 58.5 Å². The molecule has 1 N–H and O–H groups in total. The van der Waals surface area contributed by atoms with E-state index in [1.54, 1.807) is 0 Å². The van der Waals surface area contributed by atoms with Gasteiger partial charge in [0.2, 0.25) is 0 Å². The van der Waals surface area contributed by atoms with Gasteiger partial charge in [-0.3, -0.25) is 24.4 Å². The zero-order valence-corrected chi connectivity index (χ0v) is 25.2. The lowest BCUT2D eigenvalue weighted by molar-refractivity contribution is -0.138. The molecule has 2 aromatic rings. The van der Waals surface area contributed by atoms with Crippen LogP contribution in [0.1, 0.15) is 93.4 Å². The van der Waals surface area contributed by atoms with E-state index in [0.717, 1.165) is 75.6 Å². The van der Waals surface area contributed by atoms with Crippen LogP contribution in [0.4, 0.5) is 26.3 Å². The van der Waals surface area contributed by atoms with Crippen LogP contribution in [0.2, 0.25) is 0 Å². The molecule has 2 fully saturated rings. The Bertz CT molecular complexity index is 1530. The monoisotopic (exact) mass is 648 g/mol. The van der Waals surface area contributed by atoms with Crippen molar-refractivity contribution in [1.29, 1.82) is 0 Å². The Morgan fingerprint density at radius 1 is 0.717 bits per heavy atom. The maximum atomic E-state index is 12.8. The molecule has 6 rings (SSSR count). The van der Waals surface area contributed by atoms with Gasteiger partial charge in [-0.1, -0.05) is 37.1 Å². The van der Waals surface area contributed by atoms with Gasteiger partial charge in [-0.05, 0) is 82.6 Å². The minimum Gasteiger partial charge on any atom is -0.326 e. The Hall–Kier alpha value is -4.03. The van der Waals surface area contributed by atoms with E-state index in [9.17, 15) is 40.7 Å². The zero-order chi connectivity index (χ0) is 33.3. The third kappa shape index (κ3) is 7.02. The lowest BCUT2D eigenvalue weighted by atomic mass is 9.88. The number of Topliss-reactive ketones (excluding diaryl/α,β-unsaturated/α-hetero) is 1. The van der Waals surface area contributed by atoms with E-state index < -0.39 is 34.8 Å². The van der Waals surface area contributed by atoms with E-state index in [1.165, 1.54) is 36.1 Å². The van der Waals surface area contributed by atoms with Crippen LogP contribution < -0.4 is 5.32 Å². The molecule has 2 aromatic carbocycles. The van der Waals surface area contributed by atoms with E-state index in [4.69, 9.17) is 0 Å². The van der Waals surface area contributed by atoms with E-state index >= 15 is 0 Å². The molecule has 2 spiro atoms. The van der Waals surface area contributed by atoms with Crippen molar-refractivity contribution in [3.63, 3.8) is 0 Å². The molecular weight excluding hydrogens is 614 g/mol. The number of benzene rings is 2. The molecule has 7 nitrogen and oxygen atoms in total. The Labute approximate surface area is 262 Å². The minimum atomic E-state index is -4.43. The summed E-state index contributed by atoms with van der Waals surface area (Å²) >= 11 is 0. The van der Waals surface area contributed by atoms with Gasteiger partial charge in [0.25, 0.3) is 11.8 Å². The number of rotatable bonds is 4. The second kappa shape index (κ2) is 12.6. The summed E-state index contributed by atoms with van der Waals surface area (Å²) in [5, 5.41) is 2.90. The van der Waals surface area contributed by atoms with Gasteiger partial charge in [0.1, 0.15) is 28.5 Å². The smallest absolute Gasteiger partial charge is 0.326 e. The number of halogens is 6. The fourth-order valence-electron chi connectivity index (χ4n) is 6.53. The third-order valence-electron chi connectivity index (χ3n) is 8.84. The predicted molar refractivity (Wildman–Crippen MR) is 158 cm³/mol. The lowest BCUT2D eigenvalue weighted by Crippen LogP contribution is -2.50. The molecule has 0 unspecified atom stereocenters. The Morgan fingerprint density at radius 3 is 1.63 bits per heavy atom. The summed E-state index contributed by atoms with van der Waals surface area (Å²) in [6.07, 6.45) is 0.148. The number of carbonyl (C=O) groups excluding carboxylic acids is 3. The van der Waals surface area contributed by atoms with E-state index in [0.29, 0.717) is 24.0 Å². The summed E-state index contributed by atoms with van der Waals surface area (Å²) in [5.74, 6) is -0.810. The van der Waals surface area contributed by atoms with E-state index in [1.807, 2.05) is 0 Å². The van der Waals surface area contributed by atoms with Gasteiger partial charge in [0.15, 0.2) is 0 Å². The molecule has 0 aromatic heterocycles. The van der Waals surface area contributed by atoms with Crippen molar-refractivity contribution in [2.24, 2.45) is 9.98 Å².